The van der Waals surface area contributed by atoms with Crippen LogP contribution < -0.4 is 10.9 Å². The van der Waals surface area contributed by atoms with Crippen LogP contribution in [0.3, 0.4) is 0 Å². The first-order valence-corrected chi connectivity index (χ1v) is 12.3. The van der Waals surface area contributed by atoms with Gasteiger partial charge < -0.3 is 5.32 Å². The van der Waals surface area contributed by atoms with E-state index >= 15 is 0 Å². The molecular formula is C21H19F2N3O2S3. The van der Waals surface area contributed by atoms with Crippen molar-refractivity contribution in [1.29, 1.82) is 0 Å². The van der Waals surface area contributed by atoms with Gasteiger partial charge in [-0.1, -0.05) is 29.6 Å². The van der Waals surface area contributed by atoms with E-state index in [1.165, 1.54) is 28.8 Å². The summed E-state index contributed by atoms with van der Waals surface area (Å²) in [4.78, 5) is 32.6. The van der Waals surface area contributed by atoms with Crippen LogP contribution in [-0.2, 0) is 24.2 Å². The van der Waals surface area contributed by atoms with Crippen LogP contribution in [0, 0.1) is 0 Å². The summed E-state index contributed by atoms with van der Waals surface area (Å²) in [5.41, 5.74) is 1.56. The number of alkyl halides is 2. The zero-order valence-electron chi connectivity index (χ0n) is 16.4. The Morgan fingerprint density at radius 2 is 2.10 bits per heavy atom. The van der Waals surface area contributed by atoms with Crippen molar-refractivity contribution in [3.63, 3.8) is 0 Å². The number of aromatic nitrogens is 2. The second-order valence-electron chi connectivity index (χ2n) is 6.88. The Labute approximate surface area is 189 Å². The lowest BCUT2D eigenvalue weighted by Crippen LogP contribution is -2.23. The normalized spacial score (nSPS) is 13.0. The predicted octanol–water partition coefficient (Wildman–Crippen LogP) is 5.18. The standard InChI is InChI=1S/C21H19F2N3O2S3/c1-2-10-26-19(28)17-14-4-3-5-15(14)31-18(17)25-21(26)29-11-16(27)24-12-6-8-13(9-7-12)30-20(22)23/h2,6-9,20H,1,3-5,10-11H2,(H,24,27). The maximum atomic E-state index is 13.1. The monoisotopic (exact) mass is 479 g/mol. The minimum Gasteiger partial charge on any atom is -0.325 e. The summed E-state index contributed by atoms with van der Waals surface area (Å²) in [6, 6.07) is 6.23. The highest BCUT2D eigenvalue weighted by Crippen LogP contribution is 2.35. The van der Waals surface area contributed by atoms with E-state index in [2.05, 4.69) is 16.9 Å². The van der Waals surface area contributed by atoms with Gasteiger partial charge in [0.05, 0.1) is 11.1 Å². The van der Waals surface area contributed by atoms with E-state index < -0.39 is 5.76 Å². The minimum atomic E-state index is -2.49. The van der Waals surface area contributed by atoms with Gasteiger partial charge in [0.1, 0.15) is 4.83 Å². The number of carbonyl (C=O) groups excluding carboxylic acids is 1. The first-order chi connectivity index (χ1) is 15.0. The molecule has 1 aliphatic carbocycles. The van der Waals surface area contributed by atoms with Crippen LogP contribution in [0.1, 0.15) is 16.9 Å². The molecule has 31 heavy (non-hydrogen) atoms. The number of fused-ring (bicyclic) bond motifs is 3. The number of nitrogens with one attached hydrogen (secondary N) is 1. The third-order valence-corrected chi connectivity index (χ3v) is 7.68. The van der Waals surface area contributed by atoms with Gasteiger partial charge in [0.25, 0.3) is 11.3 Å². The highest BCUT2D eigenvalue weighted by atomic mass is 32.2. The summed E-state index contributed by atoms with van der Waals surface area (Å²) in [5.74, 6) is -2.69. The van der Waals surface area contributed by atoms with Gasteiger partial charge in [-0.3, -0.25) is 14.2 Å². The molecule has 1 aliphatic rings. The Kier molecular flexibility index (Phi) is 6.78. The van der Waals surface area contributed by atoms with E-state index in [9.17, 15) is 18.4 Å². The van der Waals surface area contributed by atoms with Gasteiger partial charge in [-0.2, -0.15) is 8.78 Å². The quantitative estimate of drug-likeness (QED) is 0.274. The molecular weight excluding hydrogens is 460 g/mol. The number of carbonyl (C=O) groups is 1. The molecule has 10 heteroatoms. The molecule has 2 aromatic heterocycles. The fourth-order valence-corrected chi connectivity index (χ4v) is 6.12. The van der Waals surface area contributed by atoms with Crippen LogP contribution in [0.4, 0.5) is 14.5 Å². The van der Waals surface area contributed by atoms with Crippen LogP contribution in [-0.4, -0.2) is 27.0 Å². The molecule has 4 rings (SSSR count). The third-order valence-electron chi connectivity index (χ3n) is 4.80. The van der Waals surface area contributed by atoms with E-state index in [0.29, 0.717) is 39.4 Å². The lowest BCUT2D eigenvalue weighted by molar-refractivity contribution is -0.113. The van der Waals surface area contributed by atoms with Crippen molar-refractivity contribution in [3.05, 3.63) is 57.7 Å². The molecule has 1 aromatic carbocycles. The van der Waals surface area contributed by atoms with Crippen LogP contribution in [0.15, 0.2) is 51.8 Å². The maximum Gasteiger partial charge on any atom is 0.288 e. The van der Waals surface area contributed by atoms with E-state index in [1.807, 2.05) is 0 Å². The SMILES string of the molecule is C=CCn1c(SCC(=O)Nc2ccc(SC(F)F)cc2)nc2sc3c(c2c1=O)CCC3. The molecule has 162 valence electrons. The molecule has 0 radical (unpaired) electrons. The zero-order chi connectivity index (χ0) is 22.0. The fourth-order valence-electron chi connectivity index (χ4n) is 3.51. The molecule has 0 saturated heterocycles. The van der Waals surface area contributed by atoms with Crippen molar-refractivity contribution in [3.8, 4) is 0 Å². The van der Waals surface area contributed by atoms with Crippen molar-refractivity contribution < 1.29 is 13.6 Å². The van der Waals surface area contributed by atoms with E-state index in [1.54, 1.807) is 34.1 Å². The number of amides is 1. The molecule has 0 aliphatic heterocycles. The molecule has 2 heterocycles. The summed E-state index contributed by atoms with van der Waals surface area (Å²) in [7, 11) is 0. The first-order valence-electron chi connectivity index (χ1n) is 9.59. The van der Waals surface area contributed by atoms with Crippen LogP contribution in [0.2, 0.25) is 0 Å². The van der Waals surface area contributed by atoms with Crippen molar-refractivity contribution in [2.45, 2.75) is 41.6 Å². The highest BCUT2D eigenvalue weighted by Gasteiger charge is 2.23. The minimum absolute atomic E-state index is 0.0632. The third kappa shape index (κ3) is 4.86. The number of benzene rings is 1. The Balaban J connectivity index is 1.49. The van der Waals surface area contributed by atoms with Crippen LogP contribution >= 0.6 is 34.9 Å². The molecule has 1 amide bonds. The van der Waals surface area contributed by atoms with Crippen molar-refractivity contribution in [2.75, 3.05) is 11.1 Å². The van der Waals surface area contributed by atoms with Gasteiger partial charge in [0.2, 0.25) is 5.91 Å². The molecule has 0 bridgehead atoms. The van der Waals surface area contributed by atoms with E-state index in [0.717, 1.165) is 29.7 Å². The molecule has 5 nitrogen and oxygen atoms in total. The predicted molar refractivity (Wildman–Crippen MR) is 124 cm³/mol. The first kappa shape index (κ1) is 22.0. The topological polar surface area (TPSA) is 64.0 Å². The van der Waals surface area contributed by atoms with Crippen LogP contribution in [0.25, 0.3) is 10.2 Å². The number of aryl methyl sites for hydroxylation is 2. The maximum absolute atomic E-state index is 13.1. The number of thioether (sulfide) groups is 2. The molecule has 3 aromatic rings. The number of halogens is 2. The smallest absolute Gasteiger partial charge is 0.288 e. The van der Waals surface area contributed by atoms with Gasteiger partial charge in [0.15, 0.2) is 5.16 Å². The highest BCUT2D eigenvalue weighted by molar-refractivity contribution is 8.00. The summed E-state index contributed by atoms with van der Waals surface area (Å²) < 4.78 is 26.4. The summed E-state index contributed by atoms with van der Waals surface area (Å²) >= 11 is 3.21. The fraction of sp³-hybridized carbons (Fsp3) is 0.286. The average Bonchev–Trinajstić information content (AvgIpc) is 3.31. The van der Waals surface area contributed by atoms with Crippen LogP contribution in [0.5, 0.6) is 0 Å². The van der Waals surface area contributed by atoms with E-state index in [-0.39, 0.29) is 17.2 Å². The largest absolute Gasteiger partial charge is 0.325 e. The number of hydrogen-bond donors (Lipinski definition) is 1. The molecule has 0 atom stereocenters. The number of nitrogens with zero attached hydrogens (tertiary/aromatic N) is 2. The molecule has 0 spiro atoms. The van der Waals surface area contributed by atoms with Gasteiger partial charge in [-0.25, -0.2) is 4.98 Å². The summed E-state index contributed by atoms with van der Waals surface area (Å²) in [6.45, 7) is 4.05. The van der Waals surface area contributed by atoms with Gasteiger partial charge in [0, 0.05) is 22.0 Å². The van der Waals surface area contributed by atoms with Crippen molar-refractivity contribution in [2.24, 2.45) is 0 Å². The Morgan fingerprint density at radius 1 is 1.32 bits per heavy atom. The molecule has 0 fully saturated rings. The molecule has 1 N–H and O–H groups in total. The molecule has 0 unspecified atom stereocenters. The lowest BCUT2D eigenvalue weighted by Gasteiger charge is -2.11. The van der Waals surface area contributed by atoms with E-state index in [4.69, 9.17) is 0 Å². The summed E-state index contributed by atoms with van der Waals surface area (Å²) in [5, 5.41) is 3.92. The second-order valence-corrected chi connectivity index (χ2v) is 9.97. The summed E-state index contributed by atoms with van der Waals surface area (Å²) in [6.07, 6.45) is 4.60. The average molecular weight is 480 g/mol. The Bertz CT molecular complexity index is 1190. The van der Waals surface area contributed by atoms with Gasteiger partial charge in [-0.15, -0.1) is 17.9 Å². The molecule has 0 saturated carbocycles. The Hall–Kier alpha value is -2.17. The van der Waals surface area contributed by atoms with Crippen molar-refractivity contribution >= 4 is 56.7 Å². The zero-order valence-corrected chi connectivity index (χ0v) is 18.8. The van der Waals surface area contributed by atoms with Crippen molar-refractivity contribution in [1.82, 2.24) is 9.55 Å². The van der Waals surface area contributed by atoms with Gasteiger partial charge in [-0.05, 0) is 49.1 Å². The number of rotatable bonds is 8. The lowest BCUT2D eigenvalue weighted by atomic mass is 10.2. The Morgan fingerprint density at radius 3 is 2.81 bits per heavy atom. The number of thiophene rings is 1. The number of allylic oxidation sites excluding steroid dienone is 1. The second kappa shape index (κ2) is 9.54. The number of hydrogen-bond acceptors (Lipinski definition) is 6. The van der Waals surface area contributed by atoms with Gasteiger partial charge >= 0.3 is 0 Å². The number of anilines is 1.